The second-order valence-corrected chi connectivity index (χ2v) is 8.12. The zero-order valence-corrected chi connectivity index (χ0v) is 16.2. The minimum absolute atomic E-state index is 0.0455. The molecule has 2 N–H and O–H groups in total. The Labute approximate surface area is 163 Å². The molecule has 27 heavy (non-hydrogen) atoms. The van der Waals surface area contributed by atoms with Crippen LogP contribution in [0.3, 0.4) is 0 Å². The second-order valence-electron chi connectivity index (χ2n) is 5.49. The first kappa shape index (κ1) is 19.5. The Morgan fingerprint density at radius 3 is 2.59 bits per heavy atom. The highest BCUT2D eigenvalue weighted by molar-refractivity contribution is 9.10. The van der Waals surface area contributed by atoms with E-state index in [0.29, 0.717) is 15.6 Å². The minimum atomic E-state index is -4.01. The highest BCUT2D eigenvalue weighted by Gasteiger charge is 2.27. The summed E-state index contributed by atoms with van der Waals surface area (Å²) in [5, 5.41) is 9.39. The van der Waals surface area contributed by atoms with Gasteiger partial charge in [0, 0.05) is 4.47 Å². The molecule has 142 valence electrons. The maximum Gasteiger partial charge on any atom is 0.327 e. The minimum Gasteiger partial charge on any atom is -0.454 e. The van der Waals surface area contributed by atoms with Gasteiger partial charge in [-0.2, -0.15) is 4.72 Å². The average molecular weight is 455 g/mol. The van der Waals surface area contributed by atoms with Gasteiger partial charge in [0.05, 0.1) is 11.5 Å². The van der Waals surface area contributed by atoms with Crippen molar-refractivity contribution in [3.8, 4) is 0 Å². The maximum atomic E-state index is 12.3. The van der Waals surface area contributed by atoms with E-state index in [1.807, 2.05) is 0 Å². The Morgan fingerprint density at radius 1 is 1.22 bits per heavy atom. The van der Waals surface area contributed by atoms with Gasteiger partial charge in [-0.25, -0.2) is 13.4 Å². The summed E-state index contributed by atoms with van der Waals surface area (Å²) in [5.41, 5.74) is 1.15. The molecule has 10 heteroatoms. The Bertz CT molecular complexity index is 1020. The molecule has 0 bridgehead atoms. The number of hydrogen-bond acceptors (Lipinski definition) is 7. The van der Waals surface area contributed by atoms with E-state index in [1.165, 1.54) is 12.1 Å². The summed E-state index contributed by atoms with van der Waals surface area (Å²) >= 11 is 3.21. The number of aliphatic hydroxyl groups is 1. The van der Waals surface area contributed by atoms with Crippen molar-refractivity contribution in [1.82, 2.24) is 9.71 Å². The van der Waals surface area contributed by atoms with E-state index in [2.05, 4.69) is 25.6 Å². The topological polar surface area (TPSA) is 119 Å². The molecule has 3 rings (SSSR count). The zero-order valence-electron chi connectivity index (χ0n) is 13.8. The van der Waals surface area contributed by atoms with Gasteiger partial charge in [0.2, 0.25) is 15.9 Å². The Hall–Kier alpha value is -2.27. The van der Waals surface area contributed by atoms with Crippen molar-refractivity contribution in [2.24, 2.45) is 0 Å². The first-order valence-electron chi connectivity index (χ1n) is 7.79. The SMILES string of the molecule is O=C(OCc1nc2ccccc2o1)C(CO)NS(=O)(=O)c1ccc(Br)cc1. The van der Waals surface area contributed by atoms with Crippen LogP contribution in [0.4, 0.5) is 0 Å². The highest BCUT2D eigenvalue weighted by atomic mass is 79.9. The lowest BCUT2D eigenvalue weighted by Crippen LogP contribution is -2.44. The number of ether oxygens (including phenoxy) is 1. The van der Waals surface area contributed by atoms with Crippen molar-refractivity contribution in [2.45, 2.75) is 17.5 Å². The van der Waals surface area contributed by atoms with Gasteiger partial charge in [-0.3, -0.25) is 4.79 Å². The van der Waals surface area contributed by atoms with Crippen LogP contribution in [0.5, 0.6) is 0 Å². The number of carbonyl (C=O) groups is 1. The van der Waals surface area contributed by atoms with Crippen molar-refractivity contribution in [3.05, 3.63) is 58.9 Å². The van der Waals surface area contributed by atoms with Crippen LogP contribution < -0.4 is 4.72 Å². The Balaban J connectivity index is 1.65. The molecule has 1 heterocycles. The number of nitrogens with zero attached hydrogens (tertiary/aromatic N) is 1. The summed E-state index contributed by atoms with van der Waals surface area (Å²) in [5.74, 6) is -0.780. The van der Waals surface area contributed by atoms with Crippen molar-refractivity contribution in [3.63, 3.8) is 0 Å². The van der Waals surface area contributed by atoms with Gasteiger partial charge in [-0.05, 0) is 36.4 Å². The third-order valence-corrected chi connectivity index (χ3v) is 5.58. The number of fused-ring (bicyclic) bond motifs is 1. The molecule has 3 aromatic rings. The third kappa shape index (κ3) is 4.72. The molecule has 0 saturated heterocycles. The fourth-order valence-electron chi connectivity index (χ4n) is 2.24. The summed E-state index contributed by atoms with van der Waals surface area (Å²) in [6.07, 6.45) is 0. The number of oxazole rings is 1. The molecule has 0 aliphatic heterocycles. The molecular formula is C17H15BrN2O6S. The van der Waals surface area contributed by atoms with Crippen LogP contribution >= 0.6 is 15.9 Å². The van der Waals surface area contributed by atoms with Crippen LogP contribution in [0.1, 0.15) is 5.89 Å². The number of esters is 1. The van der Waals surface area contributed by atoms with E-state index >= 15 is 0 Å². The number of benzene rings is 2. The van der Waals surface area contributed by atoms with Crippen molar-refractivity contribution in [1.29, 1.82) is 0 Å². The largest absolute Gasteiger partial charge is 0.454 e. The number of carbonyl (C=O) groups excluding carboxylic acids is 1. The van der Waals surface area contributed by atoms with Crippen molar-refractivity contribution < 1.29 is 27.5 Å². The highest BCUT2D eigenvalue weighted by Crippen LogP contribution is 2.16. The molecule has 0 aliphatic rings. The summed E-state index contributed by atoms with van der Waals surface area (Å²) in [6.45, 7) is -1.05. The van der Waals surface area contributed by atoms with Crippen LogP contribution in [0, 0.1) is 0 Å². The van der Waals surface area contributed by atoms with Crippen LogP contribution in [0.25, 0.3) is 11.1 Å². The fraction of sp³-hybridized carbons (Fsp3) is 0.176. The van der Waals surface area contributed by atoms with E-state index in [9.17, 15) is 18.3 Å². The molecule has 1 atom stereocenters. The predicted molar refractivity (Wildman–Crippen MR) is 99.1 cm³/mol. The maximum absolute atomic E-state index is 12.3. The molecule has 2 aromatic carbocycles. The van der Waals surface area contributed by atoms with Gasteiger partial charge in [0.15, 0.2) is 12.2 Å². The average Bonchev–Trinajstić information content (AvgIpc) is 3.07. The Morgan fingerprint density at radius 2 is 1.93 bits per heavy atom. The number of nitrogens with one attached hydrogen (secondary N) is 1. The van der Waals surface area contributed by atoms with E-state index in [0.717, 1.165) is 0 Å². The molecule has 0 amide bonds. The molecule has 0 radical (unpaired) electrons. The lowest BCUT2D eigenvalue weighted by atomic mass is 10.3. The van der Waals surface area contributed by atoms with Gasteiger partial charge in [0.1, 0.15) is 11.6 Å². The van der Waals surface area contributed by atoms with Gasteiger partial charge < -0.3 is 14.3 Å². The number of rotatable bonds is 7. The summed E-state index contributed by atoms with van der Waals surface area (Å²) in [6, 6.07) is 11.4. The first-order chi connectivity index (χ1) is 12.9. The zero-order chi connectivity index (χ0) is 19.4. The Kier molecular flexibility index (Phi) is 5.90. The quantitative estimate of drug-likeness (QED) is 0.523. The monoisotopic (exact) mass is 454 g/mol. The second kappa shape index (κ2) is 8.17. The molecule has 8 nitrogen and oxygen atoms in total. The molecule has 0 aliphatic carbocycles. The molecule has 0 fully saturated rings. The molecule has 1 aromatic heterocycles. The summed E-state index contributed by atoms with van der Waals surface area (Å²) in [4.78, 5) is 16.2. The van der Waals surface area contributed by atoms with Gasteiger partial charge in [-0.1, -0.05) is 28.1 Å². The number of para-hydroxylation sites is 2. The van der Waals surface area contributed by atoms with Gasteiger partial charge >= 0.3 is 5.97 Å². The first-order valence-corrected chi connectivity index (χ1v) is 10.1. The van der Waals surface area contributed by atoms with Crippen LogP contribution in [0.15, 0.2) is 62.3 Å². The summed E-state index contributed by atoms with van der Waals surface area (Å²) in [7, 11) is -4.01. The number of aliphatic hydroxyl groups excluding tert-OH is 1. The molecule has 0 spiro atoms. The standard InChI is InChI=1S/C17H15BrN2O6S/c18-11-5-7-12(8-6-11)27(23,24)20-14(9-21)17(22)25-10-16-19-13-3-1-2-4-15(13)26-16/h1-8,14,20-21H,9-10H2. The number of sulfonamides is 1. The summed E-state index contributed by atoms with van der Waals surface area (Å²) < 4.78 is 37.9. The van der Waals surface area contributed by atoms with E-state index in [1.54, 1.807) is 36.4 Å². The lowest BCUT2D eigenvalue weighted by Gasteiger charge is -2.15. The fourth-order valence-corrected chi connectivity index (χ4v) is 3.68. The molecular weight excluding hydrogens is 440 g/mol. The molecule has 0 saturated carbocycles. The smallest absolute Gasteiger partial charge is 0.327 e. The van der Waals surface area contributed by atoms with E-state index in [-0.39, 0.29) is 17.4 Å². The van der Waals surface area contributed by atoms with E-state index in [4.69, 9.17) is 9.15 Å². The van der Waals surface area contributed by atoms with Crippen LogP contribution in [-0.2, 0) is 26.2 Å². The number of hydrogen-bond donors (Lipinski definition) is 2. The lowest BCUT2D eigenvalue weighted by molar-refractivity contribution is -0.148. The molecule has 1 unspecified atom stereocenters. The van der Waals surface area contributed by atoms with Crippen molar-refractivity contribution in [2.75, 3.05) is 6.61 Å². The number of aromatic nitrogens is 1. The van der Waals surface area contributed by atoms with Crippen LogP contribution in [-0.4, -0.2) is 37.1 Å². The van der Waals surface area contributed by atoms with Gasteiger partial charge in [0.25, 0.3) is 0 Å². The van der Waals surface area contributed by atoms with E-state index < -0.39 is 28.6 Å². The van der Waals surface area contributed by atoms with Crippen molar-refractivity contribution >= 4 is 43.0 Å². The normalized spacial score (nSPS) is 12.8. The third-order valence-electron chi connectivity index (χ3n) is 3.56. The predicted octanol–water partition coefficient (Wildman–Crippen LogP) is 1.97. The van der Waals surface area contributed by atoms with Gasteiger partial charge in [-0.15, -0.1) is 0 Å². The number of halogens is 1. The van der Waals surface area contributed by atoms with Crippen LogP contribution in [0.2, 0.25) is 0 Å².